The van der Waals surface area contributed by atoms with Crippen LogP contribution in [0.2, 0.25) is 0 Å². The minimum absolute atomic E-state index is 0.0249. The lowest BCUT2D eigenvalue weighted by atomic mass is 10.2. The van der Waals surface area contributed by atoms with Crippen LogP contribution in [-0.2, 0) is 20.8 Å². The highest BCUT2D eigenvalue weighted by Gasteiger charge is 2.16. The molecule has 1 amide bonds. The number of aromatic nitrogens is 1. The minimum Gasteiger partial charge on any atom is -0.465 e. The topological polar surface area (TPSA) is 86.6 Å². The van der Waals surface area contributed by atoms with E-state index < -0.39 is 11.9 Å². The van der Waals surface area contributed by atoms with Crippen LogP contribution >= 0.6 is 0 Å². The van der Waals surface area contributed by atoms with Crippen LogP contribution in [0.5, 0.6) is 0 Å². The van der Waals surface area contributed by atoms with Gasteiger partial charge in [0.05, 0.1) is 24.8 Å². The normalized spacial score (nSPS) is 10.5. The molecule has 144 valence electrons. The van der Waals surface area contributed by atoms with Crippen molar-refractivity contribution in [3.8, 4) is 0 Å². The van der Waals surface area contributed by atoms with Crippen LogP contribution in [0.25, 0.3) is 10.9 Å². The van der Waals surface area contributed by atoms with E-state index in [0.29, 0.717) is 23.4 Å². The molecular formula is C21H20N2O5. The maximum absolute atomic E-state index is 12.5. The lowest BCUT2D eigenvalue weighted by Gasteiger charge is -2.08. The Balaban J connectivity index is 1.75. The summed E-state index contributed by atoms with van der Waals surface area (Å²) in [7, 11) is 1.32. The van der Waals surface area contributed by atoms with Crippen LogP contribution in [0.3, 0.4) is 0 Å². The molecular weight excluding hydrogens is 360 g/mol. The molecule has 3 aromatic rings. The molecule has 0 atom stereocenters. The van der Waals surface area contributed by atoms with Gasteiger partial charge >= 0.3 is 11.9 Å². The number of hydrogen-bond donors (Lipinski definition) is 1. The molecule has 1 heterocycles. The molecule has 2 aromatic carbocycles. The van der Waals surface area contributed by atoms with Crippen LogP contribution in [0.15, 0.2) is 54.7 Å². The molecule has 1 aromatic heterocycles. The number of fused-ring (bicyclic) bond motifs is 1. The van der Waals surface area contributed by atoms with Crippen LogP contribution in [0.4, 0.5) is 5.69 Å². The quantitative estimate of drug-likeness (QED) is 0.664. The van der Waals surface area contributed by atoms with Gasteiger partial charge in [0.15, 0.2) is 0 Å². The number of hydrogen-bond acceptors (Lipinski definition) is 5. The van der Waals surface area contributed by atoms with Gasteiger partial charge in [0.2, 0.25) is 5.91 Å². The maximum Gasteiger partial charge on any atom is 0.340 e. The van der Waals surface area contributed by atoms with Gasteiger partial charge in [-0.25, -0.2) is 9.59 Å². The number of carbonyl (C=O) groups is 3. The largest absolute Gasteiger partial charge is 0.465 e. The summed E-state index contributed by atoms with van der Waals surface area (Å²) in [6, 6.07) is 13.8. The first-order chi connectivity index (χ1) is 13.5. The zero-order valence-electron chi connectivity index (χ0n) is 15.6. The Kier molecular flexibility index (Phi) is 5.74. The Hall–Kier alpha value is -3.61. The molecule has 0 bridgehead atoms. The van der Waals surface area contributed by atoms with E-state index in [1.165, 1.54) is 7.11 Å². The summed E-state index contributed by atoms with van der Waals surface area (Å²) in [5.41, 5.74) is 2.14. The zero-order chi connectivity index (χ0) is 20.1. The second kappa shape index (κ2) is 8.39. The first kappa shape index (κ1) is 19.2. The highest BCUT2D eigenvalue weighted by Crippen LogP contribution is 2.22. The predicted octanol–water partition coefficient (Wildman–Crippen LogP) is 3.24. The third kappa shape index (κ3) is 4.03. The minimum atomic E-state index is -0.454. The van der Waals surface area contributed by atoms with Gasteiger partial charge < -0.3 is 19.4 Å². The SMILES string of the molecule is CCOC(=O)c1ccc(NC(=O)Cn2cc(C(=O)OC)c3ccccc32)cc1. The van der Waals surface area contributed by atoms with Gasteiger partial charge in [0.1, 0.15) is 6.54 Å². The average molecular weight is 380 g/mol. The van der Waals surface area contributed by atoms with Gasteiger partial charge in [-0.15, -0.1) is 0 Å². The lowest BCUT2D eigenvalue weighted by molar-refractivity contribution is -0.116. The van der Waals surface area contributed by atoms with Crippen molar-refractivity contribution in [2.24, 2.45) is 0 Å². The molecule has 0 saturated carbocycles. The molecule has 28 heavy (non-hydrogen) atoms. The number of nitrogens with one attached hydrogen (secondary N) is 1. The molecule has 0 spiro atoms. The first-order valence-corrected chi connectivity index (χ1v) is 8.76. The number of esters is 2. The number of anilines is 1. The molecule has 1 N–H and O–H groups in total. The molecule has 0 radical (unpaired) electrons. The molecule has 0 aliphatic heterocycles. The number of ether oxygens (including phenoxy) is 2. The molecule has 7 nitrogen and oxygen atoms in total. The number of benzene rings is 2. The average Bonchev–Trinajstić information content (AvgIpc) is 3.06. The fraction of sp³-hybridized carbons (Fsp3) is 0.190. The molecule has 0 aliphatic carbocycles. The first-order valence-electron chi connectivity index (χ1n) is 8.76. The zero-order valence-corrected chi connectivity index (χ0v) is 15.6. The van der Waals surface area contributed by atoms with E-state index in [9.17, 15) is 14.4 Å². The van der Waals surface area contributed by atoms with Crippen LogP contribution in [0, 0.1) is 0 Å². The van der Waals surface area contributed by atoms with E-state index in [0.717, 1.165) is 10.9 Å². The van der Waals surface area contributed by atoms with Gasteiger partial charge in [-0.3, -0.25) is 4.79 Å². The van der Waals surface area contributed by atoms with E-state index in [-0.39, 0.29) is 12.5 Å². The van der Waals surface area contributed by atoms with Crippen molar-refractivity contribution in [3.05, 3.63) is 65.9 Å². The Morgan fingerprint density at radius 3 is 2.39 bits per heavy atom. The summed E-state index contributed by atoms with van der Waals surface area (Å²) < 4.78 is 11.4. The van der Waals surface area contributed by atoms with Gasteiger partial charge in [-0.05, 0) is 37.3 Å². The summed E-state index contributed by atoms with van der Waals surface area (Å²) in [6.45, 7) is 2.07. The number of carbonyl (C=O) groups excluding carboxylic acids is 3. The molecule has 0 unspecified atom stereocenters. The van der Waals surface area contributed by atoms with E-state index in [2.05, 4.69) is 5.32 Å². The van der Waals surface area contributed by atoms with Gasteiger partial charge in [0.25, 0.3) is 0 Å². The van der Waals surface area contributed by atoms with Crippen LogP contribution < -0.4 is 5.32 Å². The summed E-state index contributed by atoms with van der Waals surface area (Å²) >= 11 is 0. The molecule has 7 heteroatoms. The standard InChI is InChI=1S/C21H20N2O5/c1-3-28-20(25)14-8-10-15(11-9-14)22-19(24)13-23-12-17(21(26)27-2)16-6-4-5-7-18(16)23/h4-12H,3,13H2,1-2H3,(H,22,24). The predicted molar refractivity (Wildman–Crippen MR) is 104 cm³/mol. The molecule has 3 rings (SSSR count). The maximum atomic E-state index is 12.5. The van der Waals surface area contributed by atoms with Crippen molar-refractivity contribution in [2.75, 3.05) is 19.0 Å². The molecule has 0 fully saturated rings. The fourth-order valence-corrected chi connectivity index (χ4v) is 2.91. The summed E-state index contributed by atoms with van der Waals surface area (Å²) in [5.74, 6) is -1.12. The molecule has 0 saturated heterocycles. The Morgan fingerprint density at radius 1 is 1.00 bits per heavy atom. The summed E-state index contributed by atoms with van der Waals surface area (Å²) in [4.78, 5) is 36.1. The smallest absolute Gasteiger partial charge is 0.340 e. The van der Waals surface area contributed by atoms with Crippen molar-refractivity contribution in [3.63, 3.8) is 0 Å². The second-order valence-corrected chi connectivity index (χ2v) is 6.03. The highest BCUT2D eigenvalue weighted by molar-refractivity contribution is 6.05. The third-order valence-electron chi connectivity index (χ3n) is 4.19. The van der Waals surface area contributed by atoms with Crippen molar-refractivity contribution in [1.82, 2.24) is 4.57 Å². The highest BCUT2D eigenvalue weighted by atomic mass is 16.5. The number of para-hydroxylation sites is 1. The van der Waals surface area contributed by atoms with Crippen molar-refractivity contribution in [1.29, 1.82) is 0 Å². The monoisotopic (exact) mass is 380 g/mol. The van der Waals surface area contributed by atoms with E-state index >= 15 is 0 Å². The van der Waals surface area contributed by atoms with Crippen molar-refractivity contribution < 1.29 is 23.9 Å². The number of nitrogens with zero attached hydrogens (tertiary/aromatic N) is 1. The summed E-state index contributed by atoms with van der Waals surface area (Å²) in [5, 5.41) is 3.50. The van der Waals surface area contributed by atoms with Crippen molar-refractivity contribution in [2.45, 2.75) is 13.5 Å². The Morgan fingerprint density at radius 2 is 1.71 bits per heavy atom. The van der Waals surface area contributed by atoms with Gasteiger partial charge in [-0.2, -0.15) is 0 Å². The lowest BCUT2D eigenvalue weighted by Crippen LogP contribution is -2.18. The number of rotatable bonds is 6. The van der Waals surface area contributed by atoms with Crippen molar-refractivity contribution >= 4 is 34.4 Å². The number of amides is 1. The van der Waals surface area contributed by atoms with Crippen LogP contribution in [0.1, 0.15) is 27.6 Å². The third-order valence-corrected chi connectivity index (χ3v) is 4.19. The van der Waals surface area contributed by atoms with Gasteiger partial charge in [0, 0.05) is 22.8 Å². The van der Waals surface area contributed by atoms with Gasteiger partial charge in [-0.1, -0.05) is 18.2 Å². The van der Waals surface area contributed by atoms with Crippen LogP contribution in [-0.4, -0.2) is 36.1 Å². The van der Waals surface area contributed by atoms with E-state index in [4.69, 9.17) is 9.47 Å². The Labute approximate surface area is 161 Å². The Bertz CT molecular complexity index is 1020. The van der Waals surface area contributed by atoms with E-state index in [1.54, 1.807) is 42.0 Å². The number of methoxy groups -OCH3 is 1. The summed E-state index contributed by atoms with van der Waals surface area (Å²) in [6.07, 6.45) is 1.61. The van der Waals surface area contributed by atoms with E-state index in [1.807, 2.05) is 24.3 Å². The fourth-order valence-electron chi connectivity index (χ4n) is 2.91. The molecule has 0 aliphatic rings. The second-order valence-electron chi connectivity index (χ2n) is 6.03.